The Kier molecular flexibility index (Phi) is 4.98. The van der Waals surface area contributed by atoms with Crippen LogP contribution >= 0.6 is 11.6 Å². The van der Waals surface area contributed by atoms with Gasteiger partial charge in [0.15, 0.2) is 5.43 Å². The van der Waals surface area contributed by atoms with Crippen molar-refractivity contribution < 1.29 is 13.9 Å². The van der Waals surface area contributed by atoms with E-state index in [2.05, 4.69) is 6.92 Å². The first kappa shape index (κ1) is 20.3. The average molecular weight is 446 g/mol. The second-order valence-corrected chi connectivity index (χ2v) is 8.13. The lowest BCUT2D eigenvalue weighted by Gasteiger charge is -2.25. The van der Waals surface area contributed by atoms with Crippen LogP contribution in [-0.4, -0.2) is 13.0 Å². The van der Waals surface area contributed by atoms with Crippen LogP contribution in [0.3, 0.4) is 0 Å². The SMILES string of the molecule is CCc1ccc(C2c3c(oc4ccc(Cl)cc4c3=O)C(=O)N2c2cccc(OC)c2)cc1. The number of hydrogen-bond acceptors (Lipinski definition) is 4. The quantitative estimate of drug-likeness (QED) is 0.400. The Bertz CT molecular complexity index is 1410. The molecule has 0 fully saturated rings. The zero-order valence-corrected chi connectivity index (χ0v) is 18.3. The van der Waals surface area contributed by atoms with Gasteiger partial charge in [-0.15, -0.1) is 0 Å². The molecule has 1 aromatic heterocycles. The fourth-order valence-corrected chi connectivity index (χ4v) is 4.39. The van der Waals surface area contributed by atoms with Crippen LogP contribution in [0, 0.1) is 0 Å². The summed E-state index contributed by atoms with van der Waals surface area (Å²) >= 11 is 6.14. The van der Waals surface area contributed by atoms with Gasteiger partial charge in [0.25, 0.3) is 5.91 Å². The molecule has 1 aliphatic rings. The van der Waals surface area contributed by atoms with Crippen LogP contribution < -0.4 is 15.1 Å². The molecule has 6 heteroatoms. The maximum Gasteiger partial charge on any atom is 0.295 e. The Hall–Kier alpha value is -3.57. The molecule has 0 aliphatic carbocycles. The van der Waals surface area contributed by atoms with Gasteiger partial charge in [0, 0.05) is 16.8 Å². The molecule has 160 valence electrons. The number of methoxy groups -OCH3 is 1. The number of halogens is 1. The molecule has 32 heavy (non-hydrogen) atoms. The summed E-state index contributed by atoms with van der Waals surface area (Å²) in [6.45, 7) is 2.08. The first-order valence-electron chi connectivity index (χ1n) is 10.3. The van der Waals surface area contributed by atoms with E-state index in [1.165, 1.54) is 5.56 Å². The molecule has 1 amide bonds. The van der Waals surface area contributed by atoms with Crippen molar-refractivity contribution in [3.05, 3.63) is 104 Å². The predicted octanol–water partition coefficient (Wildman–Crippen LogP) is 5.77. The lowest BCUT2D eigenvalue weighted by molar-refractivity contribution is 0.0971. The molecule has 4 aromatic rings. The van der Waals surface area contributed by atoms with Gasteiger partial charge in [-0.3, -0.25) is 14.5 Å². The van der Waals surface area contributed by atoms with Crippen LogP contribution in [0.15, 0.2) is 75.9 Å². The first-order valence-corrected chi connectivity index (χ1v) is 10.7. The standard InChI is InChI=1S/C26H20ClNO4/c1-3-15-7-9-16(10-8-15)23-22-24(29)20-13-17(27)11-12-21(20)32-25(22)26(30)28(23)18-5-4-6-19(14-18)31-2/h4-14,23H,3H2,1-2H3. The minimum Gasteiger partial charge on any atom is -0.497 e. The van der Waals surface area contributed by atoms with Gasteiger partial charge in [-0.05, 0) is 47.9 Å². The van der Waals surface area contributed by atoms with Gasteiger partial charge >= 0.3 is 0 Å². The van der Waals surface area contributed by atoms with Gasteiger partial charge in [0.1, 0.15) is 11.3 Å². The molecule has 1 atom stereocenters. The largest absolute Gasteiger partial charge is 0.497 e. The van der Waals surface area contributed by atoms with E-state index in [1.807, 2.05) is 42.5 Å². The van der Waals surface area contributed by atoms with Crippen molar-refractivity contribution in [3.63, 3.8) is 0 Å². The van der Waals surface area contributed by atoms with Crippen LogP contribution in [0.5, 0.6) is 5.75 Å². The highest BCUT2D eigenvalue weighted by Crippen LogP contribution is 2.42. The van der Waals surface area contributed by atoms with E-state index in [4.69, 9.17) is 20.8 Å². The number of rotatable bonds is 4. The Morgan fingerprint density at radius 3 is 2.53 bits per heavy atom. The van der Waals surface area contributed by atoms with Gasteiger partial charge in [0.2, 0.25) is 5.76 Å². The summed E-state index contributed by atoms with van der Waals surface area (Å²) in [4.78, 5) is 28.8. The third-order valence-corrected chi connectivity index (χ3v) is 6.10. The van der Waals surface area contributed by atoms with Gasteiger partial charge in [-0.25, -0.2) is 0 Å². The highest BCUT2D eigenvalue weighted by Gasteiger charge is 2.43. The zero-order chi connectivity index (χ0) is 22.4. The van der Waals surface area contributed by atoms with E-state index in [-0.39, 0.29) is 17.1 Å². The van der Waals surface area contributed by atoms with Crippen molar-refractivity contribution in [2.75, 3.05) is 12.0 Å². The topological polar surface area (TPSA) is 59.8 Å². The number of fused-ring (bicyclic) bond motifs is 2. The lowest BCUT2D eigenvalue weighted by Crippen LogP contribution is -2.29. The van der Waals surface area contributed by atoms with E-state index >= 15 is 0 Å². The van der Waals surface area contributed by atoms with E-state index in [9.17, 15) is 9.59 Å². The van der Waals surface area contributed by atoms with E-state index in [1.54, 1.807) is 36.3 Å². The van der Waals surface area contributed by atoms with E-state index < -0.39 is 6.04 Å². The van der Waals surface area contributed by atoms with Gasteiger partial charge in [-0.2, -0.15) is 0 Å². The number of anilines is 1. The molecule has 0 saturated carbocycles. The Morgan fingerprint density at radius 1 is 1.03 bits per heavy atom. The summed E-state index contributed by atoms with van der Waals surface area (Å²) in [5, 5.41) is 0.786. The maximum atomic E-state index is 13.6. The number of benzene rings is 3. The van der Waals surface area contributed by atoms with Crippen molar-refractivity contribution in [1.29, 1.82) is 0 Å². The summed E-state index contributed by atoms with van der Waals surface area (Å²) in [5.41, 5.74) is 3.00. The predicted molar refractivity (Wildman–Crippen MR) is 125 cm³/mol. The normalized spacial score (nSPS) is 15.3. The van der Waals surface area contributed by atoms with Crippen molar-refractivity contribution >= 4 is 34.2 Å². The van der Waals surface area contributed by atoms with E-state index in [0.717, 1.165) is 12.0 Å². The fraction of sp³-hybridized carbons (Fsp3) is 0.154. The Labute approximate surface area is 189 Å². The molecule has 1 aliphatic heterocycles. The maximum absolute atomic E-state index is 13.6. The Balaban J connectivity index is 1.79. The number of carbonyl (C=O) groups excluding carboxylic acids is 1. The number of nitrogens with zero attached hydrogens (tertiary/aromatic N) is 1. The molecule has 0 bridgehead atoms. The molecular formula is C26H20ClNO4. The molecule has 2 heterocycles. The number of aryl methyl sites for hydroxylation is 1. The summed E-state index contributed by atoms with van der Waals surface area (Å²) in [7, 11) is 1.57. The Morgan fingerprint density at radius 2 is 1.81 bits per heavy atom. The molecule has 5 rings (SSSR count). The number of amides is 1. The van der Waals surface area contributed by atoms with Crippen molar-refractivity contribution in [2.24, 2.45) is 0 Å². The minimum atomic E-state index is -0.629. The summed E-state index contributed by atoms with van der Waals surface area (Å²) in [5.74, 6) is 0.298. The summed E-state index contributed by atoms with van der Waals surface area (Å²) in [6.07, 6.45) is 0.894. The van der Waals surface area contributed by atoms with Crippen LogP contribution in [0.4, 0.5) is 5.69 Å². The lowest BCUT2D eigenvalue weighted by atomic mass is 9.97. The first-order chi connectivity index (χ1) is 15.5. The molecule has 3 aromatic carbocycles. The smallest absolute Gasteiger partial charge is 0.295 e. The van der Waals surface area contributed by atoms with Crippen LogP contribution in [-0.2, 0) is 6.42 Å². The fourth-order valence-electron chi connectivity index (χ4n) is 4.22. The van der Waals surface area contributed by atoms with Gasteiger partial charge < -0.3 is 9.15 Å². The highest BCUT2D eigenvalue weighted by atomic mass is 35.5. The monoisotopic (exact) mass is 445 g/mol. The molecule has 1 unspecified atom stereocenters. The zero-order valence-electron chi connectivity index (χ0n) is 17.6. The minimum absolute atomic E-state index is 0.0530. The van der Waals surface area contributed by atoms with E-state index in [0.29, 0.717) is 33.0 Å². The number of hydrogen-bond donors (Lipinski definition) is 0. The summed E-state index contributed by atoms with van der Waals surface area (Å²) in [6, 6.07) is 19.4. The third kappa shape index (κ3) is 3.17. The molecule has 0 spiro atoms. The van der Waals surface area contributed by atoms with Crippen molar-refractivity contribution in [3.8, 4) is 5.75 Å². The molecule has 0 radical (unpaired) electrons. The summed E-state index contributed by atoms with van der Waals surface area (Å²) < 4.78 is 11.3. The van der Waals surface area contributed by atoms with Crippen molar-refractivity contribution in [1.82, 2.24) is 0 Å². The number of carbonyl (C=O) groups is 1. The van der Waals surface area contributed by atoms with Crippen molar-refractivity contribution in [2.45, 2.75) is 19.4 Å². The van der Waals surface area contributed by atoms with Gasteiger partial charge in [0.05, 0.1) is 24.1 Å². The van der Waals surface area contributed by atoms with Gasteiger partial charge in [-0.1, -0.05) is 48.9 Å². The number of ether oxygens (including phenoxy) is 1. The van der Waals surface area contributed by atoms with Crippen LogP contribution in [0.25, 0.3) is 11.0 Å². The average Bonchev–Trinajstić information content (AvgIpc) is 3.12. The molecule has 0 saturated heterocycles. The van der Waals surface area contributed by atoms with Crippen LogP contribution in [0.2, 0.25) is 5.02 Å². The molecular weight excluding hydrogens is 426 g/mol. The third-order valence-electron chi connectivity index (χ3n) is 5.87. The highest BCUT2D eigenvalue weighted by molar-refractivity contribution is 6.31. The molecule has 0 N–H and O–H groups in total. The second kappa shape index (κ2) is 7.84. The van der Waals surface area contributed by atoms with Crippen LogP contribution in [0.1, 0.15) is 40.2 Å². The second-order valence-electron chi connectivity index (χ2n) is 7.69. The molecule has 5 nitrogen and oxygen atoms in total.